The molecule has 7 heteroatoms. The lowest BCUT2D eigenvalue weighted by molar-refractivity contribution is 0.0698. The molecule has 2 heterocycles. The van der Waals surface area contributed by atoms with Crippen LogP contribution in [0.3, 0.4) is 0 Å². The van der Waals surface area contributed by atoms with Crippen LogP contribution in [0.5, 0.6) is 0 Å². The van der Waals surface area contributed by atoms with Gasteiger partial charge >= 0.3 is 0 Å². The summed E-state index contributed by atoms with van der Waals surface area (Å²) in [5, 5.41) is 6.93. The van der Waals surface area contributed by atoms with E-state index in [1.54, 1.807) is 7.11 Å². The highest BCUT2D eigenvalue weighted by atomic mass is 32.1. The first-order chi connectivity index (χ1) is 11.3. The second kappa shape index (κ2) is 10.5. The van der Waals surface area contributed by atoms with Gasteiger partial charge in [-0.15, -0.1) is 11.3 Å². The Hall–Kier alpha value is -1.31. The van der Waals surface area contributed by atoms with E-state index in [1.807, 2.05) is 18.4 Å². The van der Waals surface area contributed by atoms with Gasteiger partial charge in [0.25, 0.3) is 0 Å². The molecule has 0 aromatic carbocycles. The Bertz CT molecular complexity index is 445. The highest BCUT2D eigenvalue weighted by Gasteiger charge is 2.19. The second-order valence-electron chi connectivity index (χ2n) is 5.36. The van der Waals surface area contributed by atoms with Gasteiger partial charge < -0.3 is 24.6 Å². The van der Waals surface area contributed by atoms with Gasteiger partial charge in [-0.05, 0) is 23.9 Å². The first-order valence-corrected chi connectivity index (χ1v) is 9.04. The summed E-state index contributed by atoms with van der Waals surface area (Å²) in [5.41, 5.74) is 0. The van der Waals surface area contributed by atoms with Crippen molar-refractivity contribution in [1.82, 2.24) is 10.2 Å². The molecular formula is C16H28N4O2S. The van der Waals surface area contributed by atoms with E-state index in [0.29, 0.717) is 13.2 Å². The van der Waals surface area contributed by atoms with Crippen molar-refractivity contribution in [3.05, 3.63) is 17.5 Å². The summed E-state index contributed by atoms with van der Waals surface area (Å²) in [6.07, 6.45) is 0.970. The zero-order valence-electron chi connectivity index (χ0n) is 14.2. The summed E-state index contributed by atoms with van der Waals surface area (Å²) in [7, 11) is 3.54. The maximum atomic E-state index is 5.47. The van der Waals surface area contributed by atoms with Gasteiger partial charge in [0.1, 0.15) is 0 Å². The number of piperazine rings is 1. The van der Waals surface area contributed by atoms with E-state index in [-0.39, 0.29) is 0 Å². The van der Waals surface area contributed by atoms with Crippen LogP contribution in [0, 0.1) is 0 Å². The van der Waals surface area contributed by atoms with Gasteiger partial charge in [0.2, 0.25) is 0 Å². The predicted octanol–water partition coefficient (Wildman–Crippen LogP) is 1.50. The van der Waals surface area contributed by atoms with Crippen LogP contribution >= 0.6 is 11.3 Å². The molecule has 0 radical (unpaired) electrons. The summed E-state index contributed by atoms with van der Waals surface area (Å²) >= 11 is 1.81. The number of guanidine groups is 1. The minimum Gasteiger partial charge on any atom is -0.382 e. The number of nitrogens with zero attached hydrogens (tertiary/aromatic N) is 3. The fourth-order valence-corrected chi connectivity index (χ4v) is 3.32. The van der Waals surface area contributed by atoms with Gasteiger partial charge in [0.05, 0.1) is 18.2 Å². The molecule has 1 aromatic heterocycles. The van der Waals surface area contributed by atoms with Crippen molar-refractivity contribution >= 4 is 22.3 Å². The molecule has 1 fully saturated rings. The third-order valence-electron chi connectivity index (χ3n) is 3.79. The maximum Gasteiger partial charge on any atom is 0.193 e. The lowest BCUT2D eigenvalue weighted by atomic mass is 10.3. The number of ether oxygens (including phenoxy) is 2. The van der Waals surface area contributed by atoms with Crippen LogP contribution in [-0.4, -0.2) is 77.6 Å². The molecule has 0 aliphatic carbocycles. The number of methoxy groups -OCH3 is 1. The van der Waals surface area contributed by atoms with Gasteiger partial charge in [0.15, 0.2) is 5.96 Å². The number of anilines is 1. The zero-order chi connectivity index (χ0) is 16.3. The molecule has 1 aliphatic heterocycles. The van der Waals surface area contributed by atoms with Crippen LogP contribution in [0.1, 0.15) is 6.42 Å². The molecule has 23 heavy (non-hydrogen) atoms. The van der Waals surface area contributed by atoms with Crippen molar-refractivity contribution in [2.75, 3.05) is 71.6 Å². The minimum atomic E-state index is 0.656. The maximum absolute atomic E-state index is 5.47. The van der Waals surface area contributed by atoms with Gasteiger partial charge in [-0.3, -0.25) is 4.99 Å². The van der Waals surface area contributed by atoms with Crippen molar-refractivity contribution in [2.24, 2.45) is 4.99 Å². The largest absolute Gasteiger partial charge is 0.382 e. The Kier molecular flexibility index (Phi) is 8.20. The summed E-state index contributed by atoms with van der Waals surface area (Å²) in [4.78, 5) is 9.17. The standard InChI is InChI=1S/C16H28N4O2S/c1-17-16(18-6-4-11-22-13-12-21-2)20-9-7-19(8-10-20)15-5-3-14-23-15/h3,5,14H,4,6-13H2,1-2H3,(H,17,18). The molecule has 1 N–H and O–H groups in total. The first kappa shape index (κ1) is 18.0. The average molecular weight is 340 g/mol. The number of hydrogen-bond donors (Lipinski definition) is 1. The lowest BCUT2D eigenvalue weighted by Crippen LogP contribution is -2.52. The number of thiophene rings is 1. The molecular weight excluding hydrogens is 312 g/mol. The third kappa shape index (κ3) is 6.01. The summed E-state index contributed by atoms with van der Waals surface area (Å²) in [5.74, 6) is 0.993. The van der Waals surface area contributed by atoms with Crippen LogP contribution in [-0.2, 0) is 9.47 Å². The van der Waals surface area contributed by atoms with Crippen LogP contribution in [0.15, 0.2) is 22.5 Å². The average Bonchev–Trinajstić information content (AvgIpc) is 3.12. The second-order valence-corrected chi connectivity index (χ2v) is 6.28. The van der Waals surface area contributed by atoms with Crippen LogP contribution < -0.4 is 10.2 Å². The Morgan fingerprint density at radius 2 is 2.09 bits per heavy atom. The molecule has 0 unspecified atom stereocenters. The van der Waals surface area contributed by atoms with Crippen LogP contribution in [0.2, 0.25) is 0 Å². The van der Waals surface area contributed by atoms with Gasteiger partial charge in [-0.1, -0.05) is 0 Å². The topological polar surface area (TPSA) is 49.3 Å². The van der Waals surface area contributed by atoms with E-state index in [0.717, 1.165) is 51.7 Å². The van der Waals surface area contributed by atoms with Crippen LogP contribution in [0.25, 0.3) is 0 Å². The molecule has 0 bridgehead atoms. The van der Waals surface area contributed by atoms with E-state index < -0.39 is 0 Å². The summed E-state index contributed by atoms with van der Waals surface area (Å²) in [6, 6.07) is 4.30. The number of nitrogens with one attached hydrogen (secondary N) is 1. The van der Waals surface area contributed by atoms with Crippen molar-refractivity contribution in [1.29, 1.82) is 0 Å². The third-order valence-corrected chi connectivity index (χ3v) is 4.72. The highest BCUT2D eigenvalue weighted by Crippen LogP contribution is 2.22. The monoisotopic (exact) mass is 340 g/mol. The van der Waals surface area contributed by atoms with Gasteiger partial charge in [-0.2, -0.15) is 0 Å². The zero-order valence-corrected chi connectivity index (χ0v) is 15.0. The molecule has 0 atom stereocenters. The molecule has 0 spiro atoms. The van der Waals surface area contributed by atoms with Crippen molar-refractivity contribution in [3.8, 4) is 0 Å². The number of hydrogen-bond acceptors (Lipinski definition) is 5. The molecule has 1 aliphatic rings. The Morgan fingerprint density at radius 3 is 2.74 bits per heavy atom. The molecule has 0 amide bonds. The highest BCUT2D eigenvalue weighted by molar-refractivity contribution is 7.14. The fraction of sp³-hybridized carbons (Fsp3) is 0.688. The van der Waals surface area contributed by atoms with E-state index >= 15 is 0 Å². The van der Waals surface area contributed by atoms with Crippen molar-refractivity contribution in [3.63, 3.8) is 0 Å². The lowest BCUT2D eigenvalue weighted by Gasteiger charge is -2.37. The fourth-order valence-electron chi connectivity index (χ4n) is 2.54. The Balaban J connectivity index is 1.63. The normalized spacial score (nSPS) is 16.0. The summed E-state index contributed by atoms with van der Waals surface area (Å²) in [6.45, 7) is 7.04. The Labute approximate surface area is 143 Å². The summed E-state index contributed by atoms with van der Waals surface area (Å²) < 4.78 is 10.4. The van der Waals surface area contributed by atoms with E-state index in [1.165, 1.54) is 5.00 Å². The predicted molar refractivity (Wildman–Crippen MR) is 96.8 cm³/mol. The molecule has 0 saturated carbocycles. The number of rotatable bonds is 8. The first-order valence-electron chi connectivity index (χ1n) is 8.16. The molecule has 1 saturated heterocycles. The van der Waals surface area contributed by atoms with Gasteiger partial charge in [-0.25, -0.2) is 0 Å². The SMILES string of the molecule is CN=C(NCCCOCCOC)N1CCN(c2cccs2)CC1. The Morgan fingerprint density at radius 1 is 1.26 bits per heavy atom. The number of aliphatic imine (C=N–C) groups is 1. The smallest absolute Gasteiger partial charge is 0.193 e. The molecule has 1 aromatic rings. The van der Waals surface area contributed by atoms with Crippen molar-refractivity contribution < 1.29 is 9.47 Å². The quantitative estimate of drug-likeness (QED) is 0.441. The van der Waals surface area contributed by atoms with E-state index in [9.17, 15) is 0 Å². The van der Waals surface area contributed by atoms with Crippen molar-refractivity contribution in [2.45, 2.75) is 6.42 Å². The van der Waals surface area contributed by atoms with E-state index in [2.05, 4.69) is 37.6 Å². The van der Waals surface area contributed by atoms with Gasteiger partial charge in [0, 0.05) is 53.5 Å². The molecule has 130 valence electrons. The van der Waals surface area contributed by atoms with Crippen LogP contribution in [0.4, 0.5) is 5.00 Å². The minimum absolute atomic E-state index is 0.656. The molecule has 6 nitrogen and oxygen atoms in total. The molecule has 2 rings (SSSR count). The van der Waals surface area contributed by atoms with E-state index in [4.69, 9.17) is 9.47 Å².